The lowest BCUT2D eigenvalue weighted by Crippen LogP contribution is -2.35. The van der Waals surface area contributed by atoms with Gasteiger partial charge in [-0.2, -0.15) is 4.98 Å². The molecular weight excluding hydrogens is 475 g/mol. The fraction of sp³-hybridized carbons (Fsp3) is 0.360. The molecule has 0 atom stereocenters. The molecule has 2 aromatic carbocycles. The number of aliphatic hydroxyl groups is 1. The molecule has 1 aliphatic heterocycles. The van der Waals surface area contributed by atoms with E-state index in [2.05, 4.69) is 27.2 Å². The van der Waals surface area contributed by atoms with Gasteiger partial charge in [-0.15, -0.1) is 0 Å². The van der Waals surface area contributed by atoms with E-state index in [4.69, 9.17) is 32.5 Å². The van der Waals surface area contributed by atoms with E-state index in [-0.39, 0.29) is 12.2 Å². The maximum atomic E-state index is 9.73. The number of fused-ring (bicyclic) bond motifs is 1. The lowest BCUT2D eigenvalue weighted by atomic mass is 10.1. The van der Waals surface area contributed by atoms with E-state index in [1.807, 2.05) is 30.5 Å². The van der Waals surface area contributed by atoms with Gasteiger partial charge < -0.3 is 14.4 Å². The van der Waals surface area contributed by atoms with Crippen LogP contribution in [0.1, 0.15) is 32.3 Å². The van der Waals surface area contributed by atoms with Gasteiger partial charge in [0.15, 0.2) is 0 Å². The number of halogens is 2. The second-order valence-electron chi connectivity index (χ2n) is 8.92. The Balaban J connectivity index is 1.39. The highest BCUT2D eigenvalue weighted by Crippen LogP contribution is 2.32. The fourth-order valence-electron chi connectivity index (χ4n) is 4.25. The maximum Gasteiger partial charge on any atom is 0.275 e. The van der Waals surface area contributed by atoms with E-state index < -0.39 is 0 Å². The molecule has 2 aromatic heterocycles. The van der Waals surface area contributed by atoms with Crippen molar-refractivity contribution in [3.63, 3.8) is 0 Å². The summed E-state index contributed by atoms with van der Waals surface area (Å²) in [5.74, 6) is 1.36. The van der Waals surface area contributed by atoms with Gasteiger partial charge in [-0.3, -0.25) is 9.47 Å². The smallest absolute Gasteiger partial charge is 0.275 e. The number of hydrogen-bond acceptors (Lipinski definition) is 6. The van der Waals surface area contributed by atoms with Crippen molar-refractivity contribution < 1.29 is 14.4 Å². The third kappa shape index (κ3) is 4.79. The van der Waals surface area contributed by atoms with Crippen LogP contribution in [0.3, 0.4) is 0 Å². The largest absolute Gasteiger partial charge is 0.489 e. The summed E-state index contributed by atoms with van der Waals surface area (Å²) in [6.07, 6.45) is 3.29. The van der Waals surface area contributed by atoms with Crippen LogP contribution >= 0.6 is 23.2 Å². The van der Waals surface area contributed by atoms with Gasteiger partial charge in [0, 0.05) is 36.8 Å². The molecule has 34 heavy (non-hydrogen) atoms. The number of ether oxygens (including phenoxy) is 1. The molecule has 1 aliphatic rings. The van der Waals surface area contributed by atoms with Crippen molar-refractivity contribution in [2.75, 3.05) is 13.1 Å². The van der Waals surface area contributed by atoms with Crippen LogP contribution in [0.25, 0.3) is 28.3 Å². The molecule has 5 rings (SSSR count). The summed E-state index contributed by atoms with van der Waals surface area (Å²) in [5.41, 5.74) is 2.78. The van der Waals surface area contributed by atoms with Gasteiger partial charge in [-0.25, -0.2) is 0 Å². The molecule has 0 amide bonds. The van der Waals surface area contributed by atoms with Crippen LogP contribution in [-0.2, 0) is 6.54 Å². The number of rotatable bonds is 6. The summed E-state index contributed by atoms with van der Waals surface area (Å²) in [5, 5.41) is 15.9. The average Bonchev–Trinajstić information content (AvgIpc) is 3.42. The second-order valence-corrected chi connectivity index (χ2v) is 9.73. The predicted octanol–water partition coefficient (Wildman–Crippen LogP) is 5.73. The highest BCUT2D eigenvalue weighted by Gasteiger charge is 2.19. The van der Waals surface area contributed by atoms with Gasteiger partial charge in [-0.1, -0.05) is 29.3 Å². The minimum atomic E-state index is -0.176. The molecule has 0 saturated carbocycles. The minimum Gasteiger partial charge on any atom is -0.489 e. The summed E-state index contributed by atoms with van der Waals surface area (Å²) in [6.45, 7) is 6.52. The molecule has 3 heterocycles. The Morgan fingerprint density at radius 3 is 2.65 bits per heavy atom. The highest BCUT2D eigenvalue weighted by atomic mass is 35.5. The third-order valence-electron chi connectivity index (χ3n) is 5.96. The fourth-order valence-corrected chi connectivity index (χ4v) is 4.72. The molecule has 1 N–H and O–H groups in total. The zero-order valence-corrected chi connectivity index (χ0v) is 20.6. The summed E-state index contributed by atoms with van der Waals surface area (Å²) < 4.78 is 13.0. The van der Waals surface area contributed by atoms with Crippen LogP contribution in [0.4, 0.5) is 0 Å². The molecule has 4 aromatic rings. The van der Waals surface area contributed by atoms with Crippen LogP contribution < -0.4 is 4.74 Å². The number of likely N-dealkylation sites (tertiary alicyclic amines) is 1. The van der Waals surface area contributed by atoms with Crippen LogP contribution in [0.5, 0.6) is 5.75 Å². The number of nitrogens with zero attached hydrogens (tertiary/aromatic N) is 4. The number of aromatic nitrogens is 3. The van der Waals surface area contributed by atoms with Crippen molar-refractivity contribution >= 4 is 34.1 Å². The Hall–Kier alpha value is -2.58. The Kier molecular flexibility index (Phi) is 6.53. The van der Waals surface area contributed by atoms with Crippen molar-refractivity contribution in [1.82, 2.24) is 19.6 Å². The van der Waals surface area contributed by atoms with Crippen LogP contribution in [0.15, 0.2) is 47.1 Å². The van der Waals surface area contributed by atoms with Crippen molar-refractivity contribution in [2.45, 2.75) is 45.4 Å². The van der Waals surface area contributed by atoms with E-state index in [9.17, 15) is 5.11 Å². The summed E-state index contributed by atoms with van der Waals surface area (Å²) in [7, 11) is 0. The number of piperidine rings is 1. The predicted molar refractivity (Wildman–Crippen MR) is 133 cm³/mol. The van der Waals surface area contributed by atoms with Gasteiger partial charge in [0.25, 0.3) is 11.8 Å². The van der Waals surface area contributed by atoms with Crippen molar-refractivity contribution in [3.8, 4) is 23.2 Å². The SMILES string of the molecule is CC(C)Oc1ccc(-c2nc(-n3cc(Cl)c4cc(CN5CCC(O)CC5)ccc43)no2)cc1Cl. The standard InChI is InChI=1S/C25H26Cl2N4O3/c1-15(2)33-23-6-4-17(12-20(23)26)24-28-25(29-34-24)31-14-21(27)19-11-16(3-5-22(19)31)13-30-9-7-18(32)8-10-30/h3-6,11-12,14-15,18,32H,7-10,13H2,1-2H3. The van der Waals surface area contributed by atoms with Gasteiger partial charge in [0.05, 0.1) is 27.8 Å². The summed E-state index contributed by atoms with van der Waals surface area (Å²) in [6, 6.07) is 11.6. The van der Waals surface area contributed by atoms with E-state index >= 15 is 0 Å². The molecule has 0 spiro atoms. The quantitative estimate of drug-likeness (QED) is 0.364. The van der Waals surface area contributed by atoms with Crippen molar-refractivity contribution in [3.05, 3.63) is 58.2 Å². The monoisotopic (exact) mass is 500 g/mol. The van der Waals surface area contributed by atoms with Gasteiger partial charge >= 0.3 is 0 Å². The number of aliphatic hydroxyl groups excluding tert-OH is 1. The average molecular weight is 501 g/mol. The lowest BCUT2D eigenvalue weighted by molar-refractivity contribution is 0.0792. The number of hydrogen-bond donors (Lipinski definition) is 1. The maximum absolute atomic E-state index is 9.73. The van der Waals surface area contributed by atoms with Gasteiger partial charge in [0.1, 0.15) is 5.75 Å². The Labute approximate surface area is 207 Å². The summed E-state index contributed by atoms with van der Waals surface area (Å²) >= 11 is 12.9. The van der Waals surface area contributed by atoms with E-state index in [1.165, 1.54) is 5.56 Å². The summed E-state index contributed by atoms with van der Waals surface area (Å²) in [4.78, 5) is 6.92. The Morgan fingerprint density at radius 1 is 1.12 bits per heavy atom. The first-order valence-electron chi connectivity index (χ1n) is 11.4. The molecule has 1 saturated heterocycles. The zero-order valence-electron chi connectivity index (χ0n) is 19.0. The third-order valence-corrected chi connectivity index (χ3v) is 6.55. The first kappa shape index (κ1) is 23.2. The Morgan fingerprint density at radius 2 is 1.91 bits per heavy atom. The minimum absolute atomic E-state index is 0.0263. The molecular formula is C25H26Cl2N4O3. The topological polar surface area (TPSA) is 76.5 Å². The molecule has 9 heteroatoms. The normalized spacial score (nSPS) is 15.5. The van der Waals surface area contributed by atoms with Crippen molar-refractivity contribution in [1.29, 1.82) is 0 Å². The van der Waals surface area contributed by atoms with Crippen LogP contribution in [0.2, 0.25) is 10.0 Å². The second kappa shape index (κ2) is 9.58. The molecule has 7 nitrogen and oxygen atoms in total. The molecule has 0 unspecified atom stereocenters. The zero-order chi connectivity index (χ0) is 23.8. The van der Waals surface area contributed by atoms with Crippen LogP contribution in [0, 0.1) is 0 Å². The number of benzene rings is 2. The first-order chi connectivity index (χ1) is 16.4. The molecule has 0 bridgehead atoms. The van der Waals surface area contributed by atoms with Gasteiger partial charge in [-0.05, 0) is 67.7 Å². The van der Waals surface area contributed by atoms with Crippen LogP contribution in [-0.4, -0.2) is 50.0 Å². The van der Waals surface area contributed by atoms with E-state index in [0.29, 0.717) is 33.2 Å². The van der Waals surface area contributed by atoms with E-state index in [1.54, 1.807) is 18.3 Å². The Bertz CT molecular complexity index is 1310. The van der Waals surface area contributed by atoms with Gasteiger partial charge in [0.2, 0.25) is 0 Å². The first-order valence-corrected chi connectivity index (χ1v) is 12.1. The highest BCUT2D eigenvalue weighted by molar-refractivity contribution is 6.35. The molecule has 0 aliphatic carbocycles. The molecule has 0 radical (unpaired) electrons. The van der Waals surface area contributed by atoms with Crippen molar-refractivity contribution in [2.24, 2.45) is 0 Å². The molecule has 1 fully saturated rings. The molecule has 178 valence electrons. The van der Waals surface area contributed by atoms with E-state index in [0.717, 1.165) is 43.4 Å². The lowest BCUT2D eigenvalue weighted by Gasteiger charge is -2.29.